The maximum Gasteiger partial charge on any atom is 0.00348 e. The second-order valence-electron chi connectivity index (χ2n) is 5.91. The summed E-state index contributed by atoms with van der Waals surface area (Å²) in [7, 11) is 2.28. The lowest BCUT2D eigenvalue weighted by molar-refractivity contribution is 0.252. The van der Waals surface area contributed by atoms with Crippen LogP contribution in [0.2, 0.25) is 0 Å². The van der Waals surface area contributed by atoms with E-state index in [9.17, 15) is 0 Å². The highest BCUT2D eigenvalue weighted by molar-refractivity contribution is 4.93. The van der Waals surface area contributed by atoms with Crippen LogP contribution in [-0.4, -0.2) is 25.0 Å². The van der Waals surface area contributed by atoms with Gasteiger partial charge in [0, 0.05) is 12.2 Å². The van der Waals surface area contributed by atoms with Crippen molar-refractivity contribution in [3.05, 3.63) is 12.3 Å². The Hall–Kier alpha value is -0.500. The molecule has 1 aliphatic rings. The smallest absolute Gasteiger partial charge is 0.00348 e. The Morgan fingerprint density at radius 3 is 2.41 bits per heavy atom. The van der Waals surface area contributed by atoms with Crippen LogP contribution in [0.3, 0.4) is 0 Å². The van der Waals surface area contributed by atoms with Crippen molar-refractivity contribution in [1.82, 2.24) is 4.90 Å². The van der Waals surface area contributed by atoms with Gasteiger partial charge in [-0.15, -0.1) is 0 Å². The second kappa shape index (κ2) is 7.05. The van der Waals surface area contributed by atoms with Crippen LogP contribution in [0, 0.1) is 5.41 Å². The third-order valence-electron chi connectivity index (χ3n) is 4.10. The van der Waals surface area contributed by atoms with Crippen molar-refractivity contribution in [2.45, 2.75) is 58.3 Å². The zero-order valence-corrected chi connectivity index (χ0v) is 11.8. The molecule has 0 aliphatic heterocycles. The molecule has 0 atom stereocenters. The summed E-state index contributed by atoms with van der Waals surface area (Å²) in [5.74, 6) is 0. The van der Waals surface area contributed by atoms with Crippen molar-refractivity contribution in [3.8, 4) is 0 Å². The van der Waals surface area contributed by atoms with E-state index in [0.717, 1.165) is 12.1 Å². The number of nitrogens with two attached hydrogens (primary N) is 1. The highest BCUT2D eigenvalue weighted by Gasteiger charge is 2.40. The molecular weight excluding hydrogens is 208 g/mol. The summed E-state index contributed by atoms with van der Waals surface area (Å²) in [6.07, 6.45) is 10.4. The van der Waals surface area contributed by atoms with Gasteiger partial charge < -0.3 is 10.6 Å². The van der Waals surface area contributed by atoms with E-state index in [1.54, 1.807) is 0 Å². The van der Waals surface area contributed by atoms with Crippen LogP contribution in [0.25, 0.3) is 0 Å². The van der Waals surface area contributed by atoms with Gasteiger partial charge >= 0.3 is 0 Å². The number of unbranched alkanes of at least 4 members (excludes halogenated alkanes) is 3. The van der Waals surface area contributed by atoms with Gasteiger partial charge in [-0.05, 0) is 57.5 Å². The van der Waals surface area contributed by atoms with Crippen molar-refractivity contribution >= 4 is 0 Å². The van der Waals surface area contributed by atoms with E-state index in [1.807, 2.05) is 0 Å². The first kappa shape index (κ1) is 14.6. The fourth-order valence-electron chi connectivity index (χ4n) is 2.54. The van der Waals surface area contributed by atoms with E-state index < -0.39 is 0 Å². The zero-order valence-electron chi connectivity index (χ0n) is 11.8. The Labute approximate surface area is 107 Å². The first-order chi connectivity index (χ1) is 8.08. The van der Waals surface area contributed by atoms with E-state index in [-0.39, 0.29) is 0 Å². The normalized spacial score (nSPS) is 17.4. The molecule has 0 aromatic rings. The number of hydrogen-bond donors (Lipinski definition) is 1. The molecule has 100 valence electrons. The number of allylic oxidation sites excluding steroid dienone is 1. The van der Waals surface area contributed by atoms with Crippen LogP contribution >= 0.6 is 0 Å². The topological polar surface area (TPSA) is 29.3 Å². The summed E-state index contributed by atoms with van der Waals surface area (Å²) in [5, 5.41) is 0. The maximum atomic E-state index is 5.54. The molecule has 2 heteroatoms. The lowest BCUT2D eigenvalue weighted by Gasteiger charge is -2.22. The third-order valence-corrected chi connectivity index (χ3v) is 4.10. The number of nitrogens with zero attached hydrogens (tertiary/aromatic N) is 1. The van der Waals surface area contributed by atoms with Crippen LogP contribution in [-0.2, 0) is 0 Å². The summed E-state index contributed by atoms with van der Waals surface area (Å²) in [6.45, 7) is 8.63. The first-order valence-electron chi connectivity index (χ1n) is 7.20. The number of hydrogen-bond acceptors (Lipinski definition) is 2. The Kier molecular flexibility index (Phi) is 6.04. The molecule has 1 rings (SSSR count). The Morgan fingerprint density at radius 1 is 1.24 bits per heavy atom. The van der Waals surface area contributed by atoms with Gasteiger partial charge in [0.25, 0.3) is 0 Å². The Balaban J connectivity index is 1.93. The van der Waals surface area contributed by atoms with E-state index in [4.69, 9.17) is 5.73 Å². The summed E-state index contributed by atoms with van der Waals surface area (Å²) in [5.41, 5.74) is 7.08. The van der Waals surface area contributed by atoms with Crippen LogP contribution in [0.4, 0.5) is 0 Å². The molecular formula is C15H30N2. The number of rotatable bonds is 10. The summed E-state index contributed by atoms with van der Waals surface area (Å²) in [6, 6.07) is 0. The predicted molar refractivity (Wildman–Crippen MR) is 75.9 cm³/mol. The standard InChI is InChI=1S/C15H30N2/c1-4-15(10-11-15)13-17(3)12-8-6-5-7-9-14(2)16/h2,4-13,16H2,1,3H3. The molecule has 1 aliphatic carbocycles. The van der Waals surface area contributed by atoms with E-state index in [0.29, 0.717) is 5.41 Å². The zero-order chi connectivity index (χ0) is 12.7. The van der Waals surface area contributed by atoms with Crippen molar-refractivity contribution in [2.24, 2.45) is 11.1 Å². The molecule has 0 spiro atoms. The minimum absolute atomic E-state index is 0.700. The second-order valence-corrected chi connectivity index (χ2v) is 5.91. The van der Waals surface area contributed by atoms with E-state index in [2.05, 4.69) is 25.5 Å². The van der Waals surface area contributed by atoms with Crippen molar-refractivity contribution in [2.75, 3.05) is 20.1 Å². The molecule has 1 saturated carbocycles. The monoisotopic (exact) mass is 238 g/mol. The van der Waals surface area contributed by atoms with Gasteiger partial charge in [-0.1, -0.05) is 26.3 Å². The fraction of sp³-hybridized carbons (Fsp3) is 0.867. The van der Waals surface area contributed by atoms with Crippen molar-refractivity contribution in [3.63, 3.8) is 0 Å². The van der Waals surface area contributed by atoms with Gasteiger partial charge in [0.2, 0.25) is 0 Å². The van der Waals surface area contributed by atoms with Crippen LogP contribution in [0.1, 0.15) is 58.3 Å². The van der Waals surface area contributed by atoms with Crippen LogP contribution < -0.4 is 5.73 Å². The van der Waals surface area contributed by atoms with Crippen LogP contribution in [0.5, 0.6) is 0 Å². The van der Waals surface area contributed by atoms with Gasteiger partial charge in [0.1, 0.15) is 0 Å². The van der Waals surface area contributed by atoms with Crippen LogP contribution in [0.15, 0.2) is 12.3 Å². The average molecular weight is 238 g/mol. The summed E-state index contributed by atoms with van der Waals surface area (Å²) in [4.78, 5) is 2.53. The largest absolute Gasteiger partial charge is 0.403 e. The molecule has 17 heavy (non-hydrogen) atoms. The Morgan fingerprint density at radius 2 is 1.88 bits per heavy atom. The molecule has 0 saturated heterocycles. The minimum atomic E-state index is 0.700. The average Bonchev–Trinajstić information content (AvgIpc) is 3.03. The predicted octanol–water partition coefficient (Wildman–Crippen LogP) is 3.53. The van der Waals surface area contributed by atoms with Gasteiger partial charge in [-0.2, -0.15) is 0 Å². The molecule has 0 aromatic heterocycles. The molecule has 0 bridgehead atoms. The Bertz CT molecular complexity index is 231. The highest BCUT2D eigenvalue weighted by atomic mass is 15.1. The molecule has 0 heterocycles. The maximum absolute atomic E-state index is 5.54. The van der Waals surface area contributed by atoms with E-state index >= 15 is 0 Å². The lowest BCUT2D eigenvalue weighted by atomic mass is 10.0. The molecule has 0 amide bonds. The molecule has 2 N–H and O–H groups in total. The molecule has 0 aromatic carbocycles. The SMILES string of the molecule is C=C(N)CCCCCCN(C)CC1(CC)CC1. The highest BCUT2D eigenvalue weighted by Crippen LogP contribution is 2.48. The fourth-order valence-corrected chi connectivity index (χ4v) is 2.54. The minimum Gasteiger partial charge on any atom is -0.403 e. The molecule has 0 radical (unpaired) electrons. The quantitative estimate of drug-likeness (QED) is 0.590. The van der Waals surface area contributed by atoms with Gasteiger partial charge in [0.05, 0.1) is 0 Å². The summed E-state index contributed by atoms with van der Waals surface area (Å²) < 4.78 is 0. The van der Waals surface area contributed by atoms with E-state index in [1.165, 1.54) is 58.0 Å². The molecule has 2 nitrogen and oxygen atoms in total. The third kappa shape index (κ3) is 6.11. The molecule has 0 unspecified atom stereocenters. The first-order valence-corrected chi connectivity index (χ1v) is 7.20. The summed E-state index contributed by atoms with van der Waals surface area (Å²) >= 11 is 0. The molecule has 1 fully saturated rings. The van der Waals surface area contributed by atoms with Gasteiger partial charge in [0.15, 0.2) is 0 Å². The lowest BCUT2D eigenvalue weighted by Crippen LogP contribution is -2.27. The van der Waals surface area contributed by atoms with Crippen molar-refractivity contribution < 1.29 is 0 Å². The van der Waals surface area contributed by atoms with Crippen molar-refractivity contribution in [1.29, 1.82) is 0 Å². The van der Waals surface area contributed by atoms with Gasteiger partial charge in [-0.3, -0.25) is 0 Å². The van der Waals surface area contributed by atoms with Gasteiger partial charge in [-0.25, -0.2) is 0 Å².